The van der Waals surface area contributed by atoms with Crippen LogP contribution >= 0.6 is 15.9 Å². The molecule has 0 heterocycles. The van der Waals surface area contributed by atoms with E-state index in [1.54, 1.807) is 0 Å². The Morgan fingerprint density at radius 3 is 2.74 bits per heavy atom. The molecule has 0 radical (unpaired) electrons. The molecule has 0 aromatic heterocycles. The SMILES string of the molecule is CCCCN(C)CCC(=O)Nc1ccc(Br)c(C)c1. The number of rotatable bonds is 7. The molecule has 0 saturated heterocycles. The van der Waals surface area contributed by atoms with E-state index in [1.165, 1.54) is 12.8 Å². The highest BCUT2D eigenvalue weighted by Gasteiger charge is 2.05. The number of carbonyl (C=O) groups is 1. The van der Waals surface area contributed by atoms with Gasteiger partial charge in [0.25, 0.3) is 0 Å². The molecule has 0 aliphatic carbocycles. The third-order valence-corrected chi connectivity index (χ3v) is 3.95. The summed E-state index contributed by atoms with van der Waals surface area (Å²) in [6.45, 7) is 6.05. The summed E-state index contributed by atoms with van der Waals surface area (Å²) in [7, 11) is 2.06. The zero-order valence-corrected chi connectivity index (χ0v) is 13.6. The van der Waals surface area contributed by atoms with Crippen LogP contribution in [-0.2, 0) is 4.79 Å². The van der Waals surface area contributed by atoms with Crippen molar-refractivity contribution in [2.24, 2.45) is 0 Å². The molecule has 1 rings (SSSR count). The van der Waals surface area contributed by atoms with Crippen LogP contribution in [-0.4, -0.2) is 30.9 Å². The van der Waals surface area contributed by atoms with E-state index in [1.807, 2.05) is 25.1 Å². The van der Waals surface area contributed by atoms with Crippen LogP contribution < -0.4 is 5.32 Å². The summed E-state index contributed by atoms with van der Waals surface area (Å²) in [4.78, 5) is 14.0. The molecule has 4 heteroatoms. The lowest BCUT2D eigenvalue weighted by Gasteiger charge is -2.15. The number of halogens is 1. The molecule has 0 aliphatic rings. The number of amides is 1. The first kappa shape index (κ1) is 16.2. The molecule has 0 saturated carbocycles. The van der Waals surface area contributed by atoms with Crippen LogP contribution in [0.5, 0.6) is 0 Å². The molecule has 3 nitrogen and oxygen atoms in total. The molecule has 0 aliphatic heterocycles. The third kappa shape index (κ3) is 6.21. The van der Waals surface area contributed by atoms with Crippen LogP contribution in [0.25, 0.3) is 0 Å². The zero-order chi connectivity index (χ0) is 14.3. The van der Waals surface area contributed by atoms with Crippen molar-refractivity contribution in [3.63, 3.8) is 0 Å². The van der Waals surface area contributed by atoms with Crippen LogP contribution in [0.1, 0.15) is 31.7 Å². The molecule has 19 heavy (non-hydrogen) atoms. The maximum Gasteiger partial charge on any atom is 0.225 e. The van der Waals surface area contributed by atoms with E-state index in [-0.39, 0.29) is 5.91 Å². The molecule has 0 spiro atoms. The number of aryl methyl sites for hydroxylation is 1. The Morgan fingerprint density at radius 1 is 1.37 bits per heavy atom. The molecule has 106 valence electrons. The average molecular weight is 327 g/mol. The fraction of sp³-hybridized carbons (Fsp3) is 0.533. The molecular weight excluding hydrogens is 304 g/mol. The topological polar surface area (TPSA) is 32.3 Å². The number of nitrogens with zero attached hydrogens (tertiary/aromatic N) is 1. The number of carbonyl (C=O) groups excluding carboxylic acids is 1. The van der Waals surface area contributed by atoms with E-state index >= 15 is 0 Å². The first-order valence-electron chi connectivity index (χ1n) is 6.77. The molecule has 0 unspecified atom stereocenters. The third-order valence-electron chi connectivity index (χ3n) is 3.06. The Kier molecular flexibility index (Phi) is 7.10. The quantitative estimate of drug-likeness (QED) is 0.826. The monoisotopic (exact) mass is 326 g/mol. The van der Waals surface area contributed by atoms with E-state index in [0.717, 1.165) is 28.8 Å². The first-order valence-corrected chi connectivity index (χ1v) is 7.56. The van der Waals surface area contributed by atoms with E-state index in [0.29, 0.717) is 6.42 Å². The number of benzene rings is 1. The lowest BCUT2D eigenvalue weighted by atomic mass is 10.2. The Bertz CT molecular complexity index is 421. The van der Waals surface area contributed by atoms with Gasteiger partial charge in [0.15, 0.2) is 0 Å². The highest BCUT2D eigenvalue weighted by Crippen LogP contribution is 2.20. The summed E-state index contributed by atoms with van der Waals surface area (Å²) in [6.07, 6.45) is 2.91. The van der Waals surface area contributed by atoms with E-state index in [2.05, 4.69) is 40.1 Å². The Hall–Kier alpha value is -0.870. The lowest BCUT2D eigenvalue weighted by molar-refractivity contribution is -0.116. The number of unbranched alkanes of at least 4 members (excludes halogenated alkanes) is 1. The van der Waals surface area contributed by atoms with Crippen LogP contribution in [0.3, 0.4) is 0 Å². The number of anilines is 1. The van der Waals surface area contributed by atoms with Gasteiger partial charge in [-0.15, -0.1) is 0 Å². The van der Waals surface area contributed by atoms with Crippen LogP contribution in [0.4, 0.5) is 5.69 Å². The van der Waals surface area contributed by atoms with Gasteiger partial charge < -0.3 is 10.2 Å². The van der Waals surface area contributed by atoms with Crippen LogP contribution in [0.2, 0.25) is 0 Å². The van der Waals surface area contributed by atoms with Gasteiger partial charge in [-0.25, -0.2) is 0 Å². The first-order chi connectivity index (χ1) is 9.02. The van der Waals surface area contributed by atoms with Crippen molar-refractivity contribution in [2.45, 2.75) is 33.1 Å². The number of nitrogens with one attached hydrogen (secondary N) is 1. The average Bonchev–Trinajstić information content (AvgIpc) is 2.38. The minimum Gasteiger partial charge on any atom is -0.326 e. The van der Waals surface area contributed by atoms with E-state index in [9.17, 15) is 4.79 Å². The van der Waals surface area contributed by atoms with E-state index in [4.69, 9.17) is 0 Å². The molecule has 0 atom stereocenters. The van der Waals surface area contributed by atoms with Crippen molar-refractivity contribution in [2.75, 3.05) is 25.5 Å². The number of hydrogen-bond donors (Lipinski definition) is 1. The summed E-state index contributed by atoms with van der Waals surface area (Å²) in [5.41, 5.74) is 1.99. The summed E-state index contributed by atoms with van der Waals surface area (Å²) in [5, 5.41) is 2.93. The maximum atomic E-state index is 11.8. The van der Waals surface area contributed by atoms with Gasteiger partial charge in [0, 0.05) is 23.1 Å². The molecular formula is C15H23BrN2O. The highest BCUT2D eigenvalue weighted by atomic mass is 79.9. The van der Waals surface area contributed by atoms with Gasteiger partial charge in [-0.3, -0.25) is 4.79 Å². The summed E-state index contributed by atoms with van der Waals surface area (Å²) < 4.78 is 1.06. The summed E-state index contributed by atoms with van der Waals surface area (Å²) >= 11 is 3.45. The fourth-order valence-corrected chi connectivity index (χ4v) is 2.02. The van der Waals surface area contributed by atoms with Crippen LogP contribution in [0.15, 0.2) is 22.7 Å². The highest BCUT2D eigenvalue weighted by molar-refractivity contribution is 9.10. The van der Waals surface area contributed by atoms with Crippen molar-refractivity contribution in [1.29, 1.82) is 0 Å². The minimum atomic E-state index is 0.0741. The number of hydrogen-bond acceptors (Lipinski definition) is 2. The van der Waals surface area contributed by atoms with Crippen molar-refractivity contribution in [1.82, 2.24) is 4.90 Å². The van der Waals surface area contributed by atoms with Gasteiger partial charge in [0.1, 0.15) is 0 Å². The molecule has 0 fully saturated rings. The molecule has 1 aromatic carbocycles. The Labute approximate surface area is 124 Å². The largest absolute Gasteiger partial charge is 0.326 e. The van der Waals surface area contributed by atoms with Crippen molar-refractivity contribution in [3.8, 4) is 0 Å². The van der Waals surface area contributed by atoms with Crippen molar-refractivity contribution in [3.05, 3.63) is 28.2 Å². The smallest absolute Gasteiger partial charge is 0.225 e. The fourth-order valence-electron chi connectivity index (χ4n) is 1.78. The van der Waals surface area contributed by atoms with Crippen LogP contribution in [0, 0.1) is 6.92 Å². The Morgan fingerprint density at radius 2 is 2.11 bits per heavy atom. The zero-order valence-electron chi connectivity index (χ0n) is 12.0. The molecule has 0 bridgehead atoms. The van der Waals surface area contributed by atoms with Crippen molar-refractivity contribution >= 4 is 27.5 Å². The van der Waals surface area contributed by atoms with Gasteiger partial charge in [0.2, 0.25) is 5.91 Å². The summed E-state index contributed by atoms with van der Waals surface area (Å²) in [6, 6.07) is 5.84. The predicted octanol–water partition coefficient (Wildman–Crippen LogP) is 3.82. The maximum absolute atomic E-state index is 11.8. The van der Waals surface area contributed by atoms with Gasteiger partial charge >= 0.3 is 0 Å². The van der Waals surface area contributed by atoms with Crippen molar-refractivity contribution < 1.29 is 4.79 Å². The van der Waals surface area contributed by atoms with Gasteiger partial charge in [-0.2, -0.15) is 0 Å². The van der Waals surface area contributed by atoms with Gasteiger partial charge in [0.05, 0.1) is 0 Å². The standard InChI is InChI=1S/C15H23BrN2O/c1-4-5-9-18(3)10-8-15(19)17-13-6-7-14(16)12(2)11-13/h6-7,11H,4-5,8-10H2,1-3H3,(H,17,19). The molecule has 1 amide bonds. The molecule has 1 aromatic rings. The lowest BCUT2D eigenvalue weighted by Crippen LogP contribution is -2.25. The molecule has 1 N–H and O–H groups in total. The predicted molar refractivity (Wildman–Crippen MR) is 84.5 cm³/mol. The van der Waals surface area contributed by atoms with E-state index < -0.39 is 0 Å². The second kappa shape index (κ2) is 8.33. The second-order valence-corrected chi connectivity index (χ2v) is 5.77. The van der Waals surface area contributed by atoms with Gasteiger partial charge in [-0.1, -0.05) is 29.3 Å². The Balaban J connectivity index is 2.36. The minimum absolute atomic E-state index is 0.0741. The second-order valence-electron chi connectivity index (χ2n) is 4.92. The van der Waals surface area contributed by atoms with Gasteiger partial charge in [-0.05, 0) is 50.7 Å². The summed E-state index contributed by atoms with van der Waals surface area (Å²) in [5.74, 6) is 0.0741. The normalized spacial score (nSPS) is 10.8.